The lowest BCUT2D eigenvalue weighted by molar-refractivity contribution is -0.0454. The van der Waals surface area contributed by atoms with Crippen LogP contribution in [0.2, 0.25) is 0 Å². The maximum absolute atomic E-state index is 13.6. The summed E-state index contributed by atoms with van der Waals surface area (Å²) in [5.41, 5.74) is 0. The molecule has 0 spiro atoms. The summed E-state index contributed by atoms with van der Waals surface area (Å²) >= 11 is 0. The van der Waals surface area contributed by atoms with Crippen molar-refractivity contribution in [2.24, 2.45) is 0 Å². The minimum Gasteiger partial charge on any atom is -0.483 e. The smallest absolute Gasteiger partial charge is 0.289 e. The standard InChI is InChI=1S/C19H20FNO4/c20-14-4-1-2-6-16(14)24-12-13-8-9-18(25-13)19(22)21-10-11-23-17-7-3-5-15(17)21/h1-2,4,6,8-9,15,17H,3,5,7,10-12H2/t15-,17-/m1/s1. The predicted octanol–water partition coefficient (Wildman–Crippen LogP) is 3.39. The number of halogens is 1. The molecule has 1 aliphatic carbocycles. The highest BCUT2D eigenvalue weighted by atomic mass is 19.1. The third kappa shape index (κ3) is 3.26. The highest BCUT2D eigenvalue weighted by Crippen LogP contribution is 2.31. The van der Waals surface area contributed by atoms with Gasteiger partial charge >= 0.3 is 0 Å². The lowest BCUT2D eigenvalue weighted by atomic mass is 10.1. The Bertz CT molecular complexity index is 759. The van der Waals surface area contributed by atoms with Crippen molar-refractivity contribution in [1.29, 1.82) is 0 Å². The molecule has 2 fully saturated rings. The minimum atomic E-state index is -0.425. The molecule has 1 aliphatic heterocycles. The number of hydrogen-bond acceptors (Lipinski definition) is 4. The van der Waals surface area contributed by atoms with Gasteiger partial charge in [-0.3, -0.25) is 4.79 Å². The van der Waals surface area contributed by atoms with Gasteiger partial charge in [0, 0.05) is 6.54 Å². The third-order valence-corrected chi connectivity index (χ3v) is 4.82. The van der Waals surface area contributed by atoms with Gasteiger partial charge in [0.1, 0.15) is 12.4 Å². The summed E-state index contributed by atoms with van der Waals surface area (Å²) in [6.07, 6.45) is 3.21. The Kier molecular flexibility index (Phi) is 4.44. The largest absolute Gasteiger partial charge is 0.483 e. The number of carbonyl (C=O) groups is 1. The fourth-order valence-corrected chi connectivity index (χ4v) is 3.60. The zero-order valence-corrected chi connectivity index (χ0v) is 13.8. The molecule has 2 atom stereocenters. The van der Waals surface area contributed by atoms with Gasteiger partial charge in [-0.05, 0) is 43.5 Å². The average Bonchev–Trinajstić information content (AvgIpc) is 3.29. The van der Waals surface area contributed by atoms with Crippen LogP contribution in [0.5, 0.6) is 5.75 Å². The third-order valence-electron chi connectivity index (χ3n) is 4.82. The normalized spacial score (nSPS) is 22.7. The van der Waals surface area contributed by atoms with Crippen LogP contribution in [-0.4, -0.2) is 36.1 Å². The first-order valence-corrected chi connectivity index (χ1v) is 8.61. The molecule has 0 unspecified atom stereocenters. The van der Waals surface area contributed by atoms with E-state index in [1.807, 2.05) is 4.90 Å². The molecule has 2 aliphatic rings. The summed E-state index contributed by atoms with van der Waals surface area (Å²) in [5, 5.41) is 0. The van der Waals surface area contributed by atoms with Crippen LogP contribution >= 0.6 is 0 Å². The average molecular weight is 345 g/mol. The molecule has 5 nitrogen and oxygen atoms in total. The van der Waals surface area contributed by atoms with Gasteiger partial charge in [-0.2, -0.15) is 0 Å². The molecule has 0 bridgehead atoms. The van der Waals surface area contributed by atoms with Gasteiger partial charge in [0.05, 0.1) is 18.8 Å². The van der Waals surface area contributed by atoms with E-state index in [1.165, 1.54) is 6.07 Å². The van der Waals surface area contributed by atoms with Gasteiger partial charge in [0.25, 0.3) is 5.91 Å². The molecule has 1 amide bonds. The Morgan fingerprint density at radius 1 is 1.24 bits per heavy atom. The zero-order valence-electron chi connectivity index (χ0n) is 13.8. The van der Waals surface area contributed by atoms with E-state index in [1.54, 1.807) is 30.3 Å². The number of furan rings is 1. The molecule has 4 rings (SSSR count). The molecular weight excluding hydrogens is 325 g/mol. The highest BCUT2D eigenvalue weighted by molar-refractivity contribution is 5.92. The molecule has 2 heterocycles. The van der Waals surface area contributed by atoms with Gasteiger partial charge in [-0.25, -0.2) is 4.39 Å². The van der Waals surface area contributed by atoms with E-state index in [2.05, 4.69) is 0 Å². The fraction of sp³-hybridized carbons (Fsp3) is 0.421. The molecular formula is C19H20FNO4. The summed E-state index contributed by atoms with van der Waals surface area (Å²) < 4.78 is 30.4. The van der Waals surface area contributed by atoms with Crippen LogP contribution in [0.15, 0.2) is 40.8 Å². The molecule has 1 aromatic heterocycles. The van der Waals surface area contributed by atoms with E-state index >= 15 is 0 Å². The number of fused-ring (bicyclic) bond motifs is 1. The van der Waals surface area contributed by atoms with Crippen LogP contribution in [0.1, 0.15) is 35.6 Å². The molecule has 1 saturated heterocycles. The molecule has 0 N–H and O–H groups in total. The molecule has 0 radical (unpaired) electrons. The predicted molar refractivity (Wildman–Crippen MR) is 87.9 cm³/mol. The van der Waals surface area contributed by atoms with Crippen molar-refractivity contribution in [1.82, 2.24) is 4.90 Å². The number of morpholine rings is 1. The molecule has 1 aromatic carbocycles. The lowest BCUT2D eigenvalue weighted by Gasteiger charge is -2.37. The van der Waals surface area contributed by atoms with E-state index in [0.29, 0.717) is 24.7 Å². The lowest BCUT2D eigenvalue weighted by Crippen LogP contribution is -2.51. The van der Waals surface area contributed by atoms with E-state index in [9.17, 15) is 9.18 Å². The number of para-hydroxylation sites is 1. The molecule has 1 saturated carbocycles. The first-order valence-electron chi connectivity index (χ1n) is 8.61. The molecule has 6 heteroatoms. The Morgan fingerprint density at radius 2 is 2.12 bits per heavy atom. The second-order valence-electron chi connectivity index (χ2n) is 6.39. The molecule has 2 aromatic rings. The van der Waals surface area contributed by atoms with Gasteiger partial charge < -0.3 is 18.8 Å². The van der Waals surface area contributed by atoms with E-state index < -0.39 is 5.82 Å². The summed E-state index contributed by atoms with van der Waals surface area (Å²) in [7, 11) is 0. The van der Waals surface area contributed by atoms with Crippen LogP contribution in [0.25, 0.3) is 0 Å². The van der Waals surface area contributed by atoms with Gasteiger partial charge in [0.2, 0.25) is 0 Å². The summed E-state index contributed by atoms with van der Waals surface area (Å²) in [4.78, 5) is 14.6. The summed E-state index contributed by atoms with van der Waals surface area (Å²) in [6.45, 7) is 1.22. The van der Waals surface area contributed by atoms with Crippen molar-refractivity contribution in [2.75, 3.05) is 13.2 Å². The van der Waals surface area contributed by atoms with Crippen LogP contribution < -0.4 is 4.74 Å². The number of nitrogens with zero attached hydrogens (tertiary/aromatic N) is 1. The molecule has 132 valence electrons. The van der Waals surface area contributed by atoms with E-state index in [-0.39, 0.29) is 30.4 Å². The van der Waals surface area contributed by atoms with Crippen molar-refractivity contribution < 1.29 is 23.1 Å². The van der Waals surface area contributed by atoms with Crippen LogP contribution in [0.3, 0.4) is 0 Å². The summed E-state index contributed by atoms with van der Waals surface area (Å²) in [5.74, 6) is 0.402. The Morgan fingerprint density at radius 3 is 3.00 bits per heavy atom. The van der Waals surface area contributed by atoms with Crippen molar-refractivity contribution in [3.05, 3.63) is 53.7 Å². The fourth-order valence-electron chi connectivity index (χ4n) is 3.60. The maximum atomic E-state index is 13.6. The van der Waals surface area contributed by atoms with Crippen LogP contribution in [0, 0.1) is 5.82 Å². The minimum absolute atomic E-state index is 0.0728. The maximum Gasteiger partial charge on any atom is 0.289 e. The Balaban J connectivity index is 1.42. The number of hydrogen-bond donors (Lipinski definition) is 0. The monoisotopic (exact) mass is 345 g/mol. The Labute approximate surface area is 145 Å². The number of carbonyl (C=O) groups excluding carboxylic acids is 1. The first kappa shape index (κ1) is 16.1. The number of amides is 1. The first-order chi connectivity index (χ1) is 12.2. The van der Waals surface area contributed by atoms with E-state index in [4.69, 9.17) is 13.9 Å². The quantitative estimate of drug-likeness (QED) is 0.852. The van der Waals surface area contributed by atoms with E-state index in [0.717, 1.165) is 19.3 Å². The zero-order chi connectivity index (χ0) is 17.2. The van der Waals surface area contributed by atoms with Gasteiger partial charge in [0.15, 0.2) is 17.3 Å². The summed E-state index contributed by atoms with van der Waals surface area (Å²) in [6, 6.07) is 9.68. The topological polar surface area (TPSA) is 51.9 Å². The number of rotatable bonds is 4. The van der Waals surface area contributed by atoms with Crippen molar-refractivity contribution in [2.45, 2.75) is 38.0 Å². The Hall–Kier alpha value is -2.34. The van der Waals surface area contributed by atoms with Gasteiger partial charge in [-0.15, -0.1) is 0 Å². The van der Waals surface area contributed by atoms with Crippen molar-refractivity contribution in [3.63, 3.8) is 0 Å². The second kappa shape index (κ2) is 6.88. The van der Waals surface area contributed by atoms with Crippen molar-refractivity contribution in [3.8, 4) is 5.75 Å². The van der Waals surface area contributed by atoms with Crippen LogP contribution in [0.4, 0.5) is 4.39 Å². The van der Waals surface area contributed by atoms with Gasteiger partial charge in [-0.1, -0.05) is 12.1 Å². The van der Waals surface area contributed by atoms with Crippen molar-refractivity contribution >= 4 is 5.91 Å². The highest BCUT2D eigenvalue weighted by Gasteiger charge is 2.39. The van der Waals surface area contributed by atoms with Crippen LogP contribution in [-0.2, 0) is 11.3 Å². The molecule has 25 heavy (non-hydrogen) atoms. The SMILES string of the molecule is O=C(c1ccc(COc2ccccc2F)o1)N1CCO[C@@H]2CCC[C@H]21. The second-order valence-corrected chi connectivity index (χ2v) is 6.39. The number of ether oxygens (including phenoxy) is 2. The number of benzene rings is 1.